The maximum atomic E-state index is 12.2. The van der Waals surface area contributed by atoms with Crippen molar-refractivity contribution in [3.63, 3.8) is 0 Å². The van der Waals surface area contributed by atoms with Crippen molar-refractivity contribution in [2.24, 2.45) is 11.8 Å². The molecule has 1 N–H and O–H groups in total. The largest absolute Gasteiger partial charge is 0.481 e. The number of aliphatic carboxylic acids is 1. The molecule has 1 amide bonds. The van der Waals surface area contributed by atoms with Crippen molar-refractivity contribution in [3.8, 4) is 0 Å². The minimum Gasteiger partial charge on any atom is -0.481 e. The van der Waals surface area contributed by atoms with E-state index < -0.39 is 11.9 Å². The van der Waals surface area contributed by atoms with Gasteiger partial charge in [-0.15, -0.1) is 0 Å². The van der Waals surface area contributed by atoms with E-state index >= 15 is 0 Å². The SMILES string of the molecule is O=C(O)C1CC1C(=O)N1CCN(c2ncc(Br)cn2)CC1. The topological polar surface area (TPSA) is 86.6 Å². The third-order valence-electron chi connectivity index (χ3n) is 3.91. The van der Waals surface area contributed by atoms with Crippen LogP contribution >= 0.6 is 15.9 Å². The molecule has 0 bridgehead atoms. The number of piperazine rings is 1. The van der Waals surface area contributed by atoms with Gasteiger partial charge < -0.3 is 14.9 Å². The van der Waals surface area contributed by atoms with Crippen molar-refractivity contribution in [2.75, 3.05) is 31.1 Å². The molecule has 112 valence electrons. The highest BCUT2D eigenvalue weighted by atomic mass is 79.9. The van der Waals surface area contributed by atoms with E-state index in [0.717, 1.165) is 4.47 Å². The van der Waals surface area contributed by atoms with Crippen molar-refractivity contribution in [2.45, 2.75) is 6.42 Å². The summed E-state index contributed by atoms with van der Waals surface area (Å²) in [6, 6.07) is 0. The third-order valence-corrected chi connectivity index (χ3v) is 4.32. The van der Waals surface area contributed by atoms with Crippen molar-refractivity contribution in [1.29, 1.82) is 0 Å². The van der Waals surface area contributed by atoms with Gasteiger partial charge in [-0.25, -0.2) is 9.97 Å². The monoisotopic (exact) mass is 354 g/mol. The number of halogens is 1. The summed E-state index contributed by atoms with van der Waals surface area (Å²) in [5.41, 5.74) is 0. The number of carbonyl (C=O) groups excluding carboxylic acids is 1. The van der Waals surface area contributed by atoms with Crippen LogP contribution in [0.15, 0.2) is 16.9 Å². The van der Waals surface area contributed by atoms with Gasteiger partial charge in [0, 0.05) is 38.6 Å². The van der Waals surface area contributed by atoms with Gasteiger partial charge >= 0.3 is 5.97 Å². The van der Waals surface area contributed by atoms with Crippen LogP contribution in [0.1, 0.15) is 6.42 Å². The van der Waals surface area contributed by atoms with Gasteiger partial charge in [-0.05, 0) is 22.4 Å². The Morgan fingerprint density at radius 1 is 1.14 bits per heavy atom. The summed E-state index contributed by atoms with van der Waals surface area (Å²) >= 11 is 3.29. The Balaban J connectivity index is 1.54. The lowest BCUT2D eigenvalue weighted by Crippen LogP contribution is -2.50. The van der Waals surface area contributed by atoms with Gasteiger partial charge in [0.15, 0.2) is 0 Å². The quantitative estimate of drug-likeness (QED) is 0.855. The summed E-state index contributed by atoms with van der Waals surface area (Å²) in [6.45, 7) is 2.50. The standard InChI is InChI=1S/C13H15BrN4O3/c14-8-6-15-13(16-7-8)18-3-1-17(2-4-18)11(19)9-5-10(9)12(20)21/h6-7,9-10H,1-5H2,(H,20,21). The Morgan fingerprint density at radius 3 is 2.29 bits per heavy atom. The molecule has 1 saturated carbocycles. The second-order valence-corrected chi connectivity index (χ2v) is 6.22. The first kappa shape index (κ1) is 14.2. The molecule has 1 saturated heterocycles. The Morgan fingerprint density at radius 2 is 1.76 bits per heavy atom. The zero-order valence-corrected chi connectivity index (χ0v) is 12.9. The van der Waals surface area contributed by atoms with Crippen molar-refractivity contribution < 1.29 is 14.7 Å². The average molecular weight is 355 g/mol. The van der Waals surface area contributed by atoms with Gasteiger partial charge in [-0.2, -0.15) is 0 Å². The minimum absolute atomic E-state index is 0.0289. The normalized spacial score (nSPS) is 24.8. The molecule has 1 aromatic heterocycles. The van der Waals surface area contributed by atoms with Gasteiger partial charge in [0.2, 0.25) is 11.9 Å². The van der Waals surface area contributed by atoms with Crippen LogP contribution in [0, 0.1) is 11.8 Å². The van der Waals surface area contributed by atoms with Gasteiger partial charge in [0.25, 0.3) is 0 Å². The van der Waals surface area contributed by atoms with Gasteiger partial charge in [-0.3, -0.25) is 9.59 Å². The molecular weight excluding hydrogens is 340 g/mol. The van der Waals surface area contributed by atoms with E-state index in [-0.39, 0.29) is 11.8 Å². The first-order valence-corrected chi connectivity index (χ1v) is 7.59. The second-order valence-electron chi connectivity index (χ2n) is 5.30. The number of nitrogens with zero attached hydrogens (tertiary/aromatic N) is 4. The zero-order chi connectivity index (χ0) is 15.0. The molecule has 2 aliphatic rings. The molecule has 8 heteroatoms. The molecule has 1 aliphatic carbocycles. The van der Waals surface area contributed by atoms with E-state index in [1.807, 2.05) is 4.90 Å². The van der Waals surface area contributed by atoms with Crippen LogP contribution in [0.25, 0.3) is 0 Å². The highest BCUT2D eigenvalue weighted by Gasteiger charge is 2.50. The summed E-state index contributed by atoms with van der Waals surface area (Å²) in [4.78, 5) is 35.3. The second kappa shape index (κ2) is 5.59. The van der Waals surface area contributed by atoms with Gasteiger partial charge in [0.1, 0.15) is 0 Å². The van der Waals surface area contributed by atoms with Crippen molar-refractivity contribution in [3.05, 3.63) is 16.9 Å². The number of carbonyl (C=O) groups is 2. The van der Waals surface area contributed by atoms with E-state index in [4.69, 9.17) is 5.11 Å². The molecule has 7 nitrogen and oxygen atoms in total. The first-order valence-electron chi connectivity index (χ1n) is 6.80. The van der Waals surface area contributed by atoms with Crippen LogP contribution in [0.2, 0.25) is 0 Å². The van der Waals surface area contributed by atoms with Crippen LogP contribution < -0.4 is 4.90 Å². The number of carboxylic acid groups (broad SMARTS) is 1. The smallest absolute Gasteiger partial charge is 0.307 e. The maximum Gasteiger partial charge on any atom is 0.307 e. The summed E-state index contributed by atoms with van der Waals surface area (Å²) in [5, 5.41) is 8.88. The molecule has 21 heavy (non-hydrogen) atoms. The number of hydrogen-bond donors (Lipinski definition) is 1. The van der Waals surface area contributed by atoms with Crippen LogP contribution in [0.5, 0.6) is 0 Å². The predicted molar refractivity (Wildman–Crippen MR) is 77.8 cm³/mol. The first-order chi connectivity index (χ1) is 10.1. The fourth-order valence-corrected chi connectivity index (χ4v) is 2.78. The molecule has 2 unspecified atom stereocenters. The summed E-state index contributed by atoms with van der Waals surface area (Å²) in [6.07, 6.45) is 3.87. The van der Waals surface area contributed by atoms with E-state index in [9.17, 15) is 9.59 Å². The van der Waals surface area contributed by atoms with E-state index in [0.29, 0.717) is 38.5 Å². The Hall–Kier alpha value is -1.70. The maximum absolute atomic E-state index is 12.2. The van der Waals surface area contributed by atoms with Crippen molar-refractivity contribution in [1.82, 2.24) is 14.9 Å². The summed E-state index contributed by atoms with van der Waals surface area (Å²) in [7, 11) is 0. The van der Waals surface area contributed by atoms with Crippen LogP contribution in [0.4, 0.5) is 5.95 Å². The van der Waals surface area contributed by atoms with Crippen LogP contribution in [-0.4, -0.2) is 58.0 Å². The number of rotatable bonds is 3. The molecule has 0 aromatic carbocycles. The molecule has 1 aliphatic heterocycles. The lowest BCUT2D eigenvalue weighted by Gasteiger charge is -2.34. The molecule has 2 fully saturated rings. The number of carboxylic acids is 1. The van der Waals surface area contributed by atoms with Gasteiger partial charge in [-0.1, -0.05) is 0 Å². The lowest BCUT2D eigenvalue weighted by atomic mass is 10.2. The number of hydrogen-bond acceptors (Lipinski definition) is 5. The number of anilines is 1. The van der Waals surface area contributed by atoms with Gasteiger partial charge in [0.05, 0.1) is 16.3 Å². The average Bonchev–Trinajstić information content (AvgIpc) is 3.28. The highest BCUT2D eigenvalue weighted by Crippen LogP contribution is 2.40. The molecular formula is C13H15BrN4O3. The Kier molecular flexibility index (Phi) is 3.79. The summed E-state index contributed by atoms with van der Waals surface area (Å²) in [5.74, 6) is -1.04. The lowest BCUT2D eigenvalue weighted by molar-refractivity contribution is -0.142. The van der Waals surface area contributed by atoms with E-state index in [2.05, 4.69) is 25.9 Å². The van der Waals surface area contributed by atoms with Crippen molar-refractivity contribution >= 4 is 33.8 Å². The zero-order valence-electron chi connectivity index (χ0n) is 11.3. The number of aromatic nitrogens is 2. The summed E-state index contributed by atoms with van der Waals surface area (Å²) < 4.78 is 0.827. The molecule has 0 spiro atoms. The Bertz CT molecular complexity index is 557. The minimum atomic E-state index is -0.866. The highest BCUT2D eigenvalue weighted by molar-refractivity contribution is 9.10. The number of amides is 1. The molecule has 0 radical (unpaired) electrons. The fourth-order valence-electron chi connectivity index (χ4n) is 2.57. The van der Waals surface area contributed by atoms with Crippen LogP contribution in [0.3, 0.4) is 0 Å². The predicted octanol–water partition coefficient (Wildman–Crippen LogP) is 0.608. The molecule has 2 atom stereocenters. The third kappa shape index (κ3) is 2.99. The van der Waals surface area contributed by atoms with E-state index in [1.165, 1.54) is 0 Å². The molecule has 3 rings (SSSR count). The Labute approximate surface area is 130 Å². The fraction of sp³-hybridized carbons (Fsp3) is 0.538. The van der Waals surface area contributed by atoms with E-state index in [1.54, 1.807) is 17.3 Å². The van der Waals surface area contributed by atoms with Crippen LogP contribution in [-0.2, 0) is 9.59 Å². The molecule has 2 heterocycles. The molecule has 1 aromatic rings.